The van der Waals surface area contributed by atoms with Crippen molar-refractivity contribution >= 4 is 33.3 Å². The van der Waals surface area contributed by atoms with Crippen LogP contribution >= 0.6 is 27.5 Å². The Morgan fingerprint density at radius 1 is 1.57 bits per heavy atom. The van der Waals surface area contributed by atoms with Crippen LogP contribution < -0.4 is 4.90 Å². The van der Waals surface area contributed by atoms with Gasteiger partial charge in [0.1, 0.15) is 17.3 Å². The largest absolute Gasteiger partial charge is 0.387 e. The van der Waals surface area contributed by atoms with Crippen molar-refractivity contribution < 1.29 is 5.11 Å². The van der Waals surface area contributed by atoms with Crippen LogP contribution in [0.1, 0.15) is 11.7 Å². The van der Waals surface area contributed by atoms with E-state index in [9.17, 15) is 5.11 Å². The Hall–Kier alpha value is -0.390. The molecule has 0 amide bonds. The molecule has 1 heterocycles. The second-order valence-corrected chi connectivity index (χ2v) is 3.97. The minimum absolute atomic E-state index is 0.288. The number of nitrogens with zero attached hydrogens (tertiary/aromatic N) is 3. The van der Waals surface area contributed by atoms with Crippen LogP contribution in [-0.2, 0) is 0 Å². The molecule has 0 bridgehead atoms. The van der Waals surface area contributed by atoms with Crippen molar-refractivity contribution in [3.63, 3.8) is 0 Å². The molecule has 1 atom stereocenters. The van der Waals surface area contributed by atoms with Crippen molar-refractivity contribution in [2.75, 3.05) is 24.3 Å². The van der Waals surface area contributed by atoms with E-state index in [1.807, 2.05) is 14.1 Å². The maximum Gasteiger partial charge on any atom is 0.140 e. The highest BCUT2D eigenvalue weighted by molar-refractivity contribution is 9.09. The van der Waals surface area contributed by atoms with E-state index in [0.29, 0.717) is 16.7 Å². The van der Waals surface area contributed by atoms with Gasteiger partial charge in [-0.3, -0.25) is 0 Å². The lowest BCUT2D eigenvalue weighted by Crippen LogP contribution is -2.16. The van der Waals surface area contributed by atoms with Gasteiger partial charge in [-0.2, -0.15) is 0 Å². The molecule has 1 N–H and O–H groups in total. The summed E-state index contributed by atoms with van der Waals surface area (Å²) in [5.41, 5.74) is 0.552. The van der Waals surface area contributed by atoms with E-state index in [4.69, 9.17) is 11.6 Å². The summed E-state index contributed by atoms with van der Waals surface area (Å²) in [7, 11) is 3.67. The number of aliphatic hydroxyl groups is 1. The van der Waals surface area contributed by atoms with Gasteiger partial charge in [0.25, 0.3) is 0 Å². The third-order valence-corrected chi connectivity index (χ3v) is 2.63. The van der Waals surface area contributed by atoms with Crippen molar-refractivity contribution in [2.45, 2.75) is 6.10 Å². The van der Waals surface area contributed by atoms with Gasteiger partial charge in [0.05, 0.1) is 11.7 Å². The average Bonchev–Trinajstić information content (AvgIpc) is 2.16. The fraction of sp³-hybridized carbons (Fsp3) is 0.500. The van der Waals surface area contributed by atoms with E-state index in [2.05, 4.69) is 25.9 Å². The summed E-state index contributed by atoms with van der Waals surface area (Å²) in [6, 6.07) is 0. The van der Waals surface area contributed by atoms with E-state index in [1.165, 1.54) is 6.33 Å². The number of halogens is 2. The van der Waals surface area contributed by atoms with Crippen LogP contribution in [0.25, 0.3) is 0 Å². The second kappa shape index (κ2) is 4.91. The fourth-order valence-electron chi connectivity index (χ4n) is 1.09. The molecule has 0 spiro atoms. The first-order valence-corrected chi connectivity index (χ1v) is 5.49. The van der Waals surface area contributed by atoms with Crippen molar-refractivity contribution in [2.24, 2.45) is 0 Å². The highest BCUT2D eigenvalue weighted by atomic mass is 79.9. The standard InChI is InChI=1S/C8H11BrClN3O/c1-13(2)8-6(5(14)3-9)7(10)11-4-12-8/h4-5,14H,3H2,1-2H3. The lowest BCUT2D eigenvalue weighted by Gasteiger charge is -2.18. The molecule has 1 aromatic rings. The van der Waals surface area contributed by atoms with Gasteiger partial charge in [0, 0.05) is 19.4 Å². The van der Waals surface area contributed by atoms with E-state index < -0.39 is 6.10 Å². The molecule has 0 aromatic carbocycles. The first-order chi connectivity index (χ1) is 6.57. The zero-order chi connectivity index (χ0) is 10.7. The van der Waals surface area contributed by atoms with E-state index in [-0.39, 0.29) is 5.15 Å². The van der Waals surface area contributed by atoms with Crippen molar-refractivity contribution in [3.05, 3.63) is 17.0 Å². The molecule has 1 unspecified atom stereocenters. The van der Waals surface area contributed by atoms with Crippen molar-refractivity contribution in [1.29, 1.82) is 0 Å². The van der Waals surface area contributed by atoms with Gasteiger partial charge in [0.2, 0.25) is 0 Å². The third kappa shape index (κ3) is 2.34. The first kappa shape index (κ1) is 11.7. The lowest BCUT2D eigenvalue weighted by atomic mass is 10.2. The zero-order valence-corrected chi connectivity index (χ0v) is 10.2. The van der Waals surface area contributed by atoms with Gasteiger partial charge in [0.15, 0.2) is 0 Å². The second-order valence-electron chi connectivity index (χ2n) is 2.97. The quantitative estimate of drug-likeness (QED) is 0.675. The smallest absolute Gasteiger partial charge is 0.140 e. The highest BCUT2D eigenvalue weighted by Gasteiger charge is 2.18. The van der Waals surface area contributed by atoms with Crippen LogP contribution in [0, 0.1) is 0 Å². The summed E-state index contributed by atoms with van der Waals surface area (Å²) in [6.45, 7) is 0. The summed E-state index contributed by atoms with van der Waals surface area (Å²) in [5.74, 6) is 0.636. The fourth-order valence-corrected chi connectivity index (χ4v) is 1.66. The lowest BCUT2D eigenvalue weighted by molar-refractivity contribution is 0.205. The highest BCUT2D eigenvalue weighted by Crippen LogP contribution is 2.29. The minimum atomic E-state index is -0.693. The number of anilines is 1. The first-order valence-electron chi connectivity index (χ1n) is 3.99. The average molecular weight is 281 g/mol. The molecule has 0 radical (unpaired) electrons. The SMILES string of the molecule is CN(C)c1ncnc(Cl)c1C(O)CBr. The third-order valence-electron chi connectivity index (χ3n) is 1.72. The number of hydrogen-bond acceptors (Lipinski definition) is 4. The number of alkyl halides is 1. The van der Waals surface area contributed by atoms with Crippen LogP contribution in [0.2, 0.25) is 5.15 Å². The van der Waals surface area contributed by atoms with Gasteiger partial charge >= 0.3 is 0 Å². The van der Waals surface area contributed by atoms with Crippen LogP contribution in [0.3, 0.4) is 0 Å². The number of hydrogen-bond donors (Lipinski definition) is 1. The molecule has 1 rings (SSSR count). The molecule has 0 aliphatic carbocycles. The van der Waals surface area contributed by atoms with Crippen LogP contribution in [0.5, 0.6) is 0 Å². The zero-order valence-electron chi connectivity index (χ0n) is 7.91. The number of aromatic nitrogens is 2. The number of rotatable bonds is 3. The molecule has 0 saturated heterocycles. The topological polar surface area (TPSA) is 49.2 Å². The summed E-state index contributed by atoms with van der Waals surface area (Å²) in [4.78, 5) is 9.68. The molecular weight excluding hydrogens is 269 g/mol. The summed E-state index contributed by atoms with van der Waals surface area (Å²) < 4.78 is 0. The van der Waals surface area contributed by atoms with E-state index in [0.717, 1.165) is 0 Å². The Morgan fingerprint density at radius 2 is 2.21 bits per heavy atom. The Labute approximate surface area is 96.1 Å². The molecule has 6 heteroatoms. The molecule has 0 aliphatic rings. The van der Waals surface area contributed by atoms with Crippen LogP contribution in [0.15, 0.2) is 6.33 Å². The summed E-state index contributed by atoms with van der Waals surface area (Å²) in [6.07, 6.45) is 0.684. The van der Waals surface area contributed by atoms with Gasteiger partial charge < -0.3 is 10.0 Å². The number of aliphatic hydroxyl groups excluding tert-OH is 1. The summed E-state index contributed by atoms with van der Waals surface area (Å²) in [5, 5.41) is 10.4. The summed E-state index contributed by atoms with van der Waals surface area (Å²) >= 11 is 9.07. The van der Waals surface area contributed by atoms with Gasteiger partial charge in [-0.15, -0.1) is 0 Å². The minimum Gasteiger partial charge on any atom is -0.387 e. The van der Waals surface area contributed by atoms with Crippen molar-refractivity contribution in [3.8, 4) is 0 Å². The Kier molecular flexibility index (Phi) is 4.10. The predicted molar refractivity (Wildman–Crippen MR) is 60.1 cm³/mol. The monoisotopic (exact) mass is 279 g/mol. The maximum atomic E-state index is 9.70. The van der Waals surface area contributed by atoms with Crippen LogP contribution in [-0.4, -0.2) is 34.5 Å². The Balaban J connectivity index is 3.22. The van der Waals surface area contributed by atoms with Gasteiger partial charge in [-0.25, -0.2) is 9.97 Å². The molecular formula is C8H11BrClN3O. The van der Waals surface area contributed by atoms with Gasteiger partial charge in [-0.05, 0) is 0 Å². The molecule has 14 heavy (non-hydrogen) atoms. The van der Waals surface area contributed by atoms with Gasteiger partial charge in [-0.1, -0.05) is 27.5 Å². The van der Waals surface area contributed by atoms with Crippen molar-refractivity contribution in [1.82, 2.24) is 9.97 Å². The van der Waals surface area contributed by atoms with Crippen LogP contribution in [0.4, 0.5) is 5.82 Å². The molecule has 4 nitrogen and oxygen atoms in total. The Morgan fingerprint density at radius 3 is 2.71 bits per heavy atom. The molecule has 0 saturated carbocycles. The molecule has 78 valence electrons. The maximum absolute atomic E-state index is 9.70. The van der Waals surface area contributed by atoms with E-state index >= 15 is 0 Å². The Bertz CT molecular complexity index is 321. The molecule has 0 aliphatic heterocycles. The normalized spacial score (nSPS) is 12.6. The van der Waals surface area contributed by atoms with E-state index in [1.54, 1.807) is 4.90 Å². The predicted octanol–water partition coefficient (Wildman–Crippen LogP) is 1.62. The molecule has 0 fully saturated rings. The molecule has 1 aromatic heterocycles.